The van der Waals surface area contributed by atoms with Crippen molar-refractivity contribution in [1.29, 1.82) is 0 Å². The molecule has 17 heavy (non-hydrogen) atoms. The predicted molar refractivity (Wildman–Crippen MR) is 69.6 cm³/mol. The van der Waals surface area contributed by atoms with Crippen LogP contribution in [0.15, 0.2) is 24.3 Å². The minimum absolute atomic E-state index is 0.211. The second kappa shape index (κ2) is 9.03. The quantitative estimate of drug-likeness (QED) is 0.546. The number of unbranched alkanes of at least 4 members (excludes halogenated alkanes) is 5. The summed E-state index contributed by atoms with van der Waals surface area (Å²) < 4.78 is 16.4. The Morgan fingerprint density at radius 1 is 1.00 bits per heavy atom. The molecule has 0 heterocycles. The SMILES string of the molecule is CCCCCCCCc1ccc(O[CH]F)cc1. The van der Waals surface area contributed by atoms with Gasteiger partial charge in [-0.25, -0.2) is 0 Å². The zero-order valence-electron chi connectivity index (χ0n) is 10.6. The van der Waals surface area contributed by atoms with Gasteiger partial charge in [-0.3, -0.25) is 0 Å². The summed E-state index contributed by atoms with van der Waals surface area (Å²) in [5.74, 6) is 0.555. The number of rotatable bonds is 9. The zero-order valence-corrected chi connectivity index (χ0v) is 10.6. The molecule has 0 fully saturated rings. The first-order chi connectivity index (χ1) is 8.36. The summed E-state index contributed by atoms with van der Waals surface area (Å²) >= 11 is 0. The third-order valence-corrected chi connectivity index (χ3v) is 2.92. The van der Waals surface area contributed by atoms with E-state index in [0.29, 0.717) is 5.75 Å². The van der Waals surface area contributed by atoms with Gasteiger partial charge in [0.15, 0.2) is 0 Å². The number of ether oxygens (including phenoxy) is 1. The van der Waals surface area contributed by atoms with Crippen LogP contribution in [0.3, 0.4) is 0 Å². The van der Waals surface area contributed by atoms with Crippen molar-refractivity contribution in [2.75, 3.05) is 0 Å². The first kappa shape index (κ1) is 14.0. The summed E-state index contributed by atoms with van der Waals surface area (Å²) in [6.07, 6.45) is 8.99. The second-order valence-corrected chi connectivity index (χ2v) is 4.37. The number of hydrogen-bond acceptors (Lipinski definition) is 1. The van der Waals surface area contributed by atoms with E-state index in [4.69, 9.17) is 0 Å². The normalized spacial score (nSPS) is 10.5. The van der Waals surface area contributed by atoms with Gasteiger partial charge >= 0.3 is 6.86 Å². The van der Waals surface area contributed by atoms with Crippen molar-refractivity contribution >= 4 is 0 Å². The molecule has 1 radical (unpaired) electrons. The van der Waals surface area contributed by atoms with Gasteiger partial charge in [0.05, 0.1) is 0 Å². The van der Waals surface area contributed by atoms with Gasteiger partial charge in [-0.15, -0.1) is 0 Å². The molecule has 0 aromatic heterocycles. The summed E-state index contributed by atoms with van der Waals surface area (Å²) in [5.41, 5.74) is 1.30. The molecule has 1 nitrogen and oxygen atoms in total. The summed E-state index contributed by atoms with van der Waals surface area (Å²) in [6, 6.07) is 7.63. The van der Waals surface area contributed by atoms with Crippen LogP contribution in [-0.2, 0) is 6.42 Å². The molecule has 0 aliphatic rings. The van der Waals surface area contributed by atoms with Crippen LogP contribution >= 0.6 is 0 Å². The van der Waals surface area contributed by atoms with Gasteiger partial charge in [0.25, 0.3) is 0 Å². The molecule has 1 rings (SSSR count). The van der Waals surface area contributed by atoms with Crippen molar-refractivity contribution < 1.29 is 9.13 Å². The van der Waals surface area contributed by atoms with Crippen LogP contribution in [0.25, 0.3) is 0 Å². The molecule has 0 saturated carbocycles. The van der Waals surface area contributed by atoms with Crippen LogP contribution in [-0.4, -0.2) is 0 Å². The lowest BCUT2D eigenvalue weighted by atomic mass is 10.1. The average molecular weight is 237 g/mol. The Morgan fingerprint density at radius 2 is 1.65 bits per heavy atom. The van der Waals surface area contributed by atoms with Gasteiger partial charge in [0, 0.05) is 0 Å². The Hall–Kier alpha value is -1.05. The maximum absolute atomic E-state index is 11.8. The fourth-order valence-corrected chi connectivity index (χ4v) is 1.90. The van der Waals surface area contributed by atoms with E-state index in [0.717, 1.165) is 6.42 Å². The predicted octanol–water partition coefficient (Wildman–Crippen LogP) is 5.06. The lowest BCUT2D eigenvalue weighted by molar-refractivity contribution is 0.286. The van der Waals surface area contributed by atoms with Crippen LogP contribution in [0.4, 0.5) is 4.39 Å². The van der Waals surface area contributed by atoms with Gasteiger partial charge in [0.2, 0.25) is 0 Å². The zero-order chi connectivity index (χ0) is 12.3. The highest BCUT2D eigenvalue weighted by molar-refractivity contribution is 5.27. The van der Waals surface area contributed by atoms with Crippen molar-refractivity contribution in [2.24, 2.45) is 0 Å². The molecular weight excluding hydrogens is 215 g/mol. The summed E-state index contributed by atoms with van der Waals surface area (Å²) in [7, 11) is 0. The molecule has 0 spiro atoms. The molecule has 95 valence electrons. The molecule has 1 aromatic carbocycles. The number of benzene rings is 1. The minimum atomic E-state index is 0.211. The van der Waals surface area contributed by atoms with E-state index in [-0.39, 0.29) is 6.86 Å². The van der Waals surface area contributed by atoms with Crippen LogP contribution in [0, 0.1) is 6.86 Å². The van der Waals surface area contributed by atoms with Gasteiger partial charge in [-0.2, -0.15) is 4.39 Å². The smallest absolute Gasteiger partial charge is 0.304 e. The van der Waals surface area contributed by atoms with Crippen molar-refractivity contribution in [3.05, 3.63) is 36.7 Å². The lowest BCUT2D eigenvalue weighted by Gasteiger charge is -2.04. The molecular formula is C15H22FO. The Labute approximate surface area is 104 Å². The van der Waals surface area contributed by atoms with Crippen molar-refractivity contribution in [3.8, 4) is 5.75 Å². The Morgan fingerprint density at radius 3 is 2.29 bits per heavy atom. The fourth-order valence-electron chi connectivity index (χ4n) is 1.90. The maximum atomic E-state index is 11.8. The van der Waals surface area contributed by atoms with Gasteiger partial charge in [-0.05, 0) is 30.5 Å². The molecule has 0 amide bonds. The summed E-state index contributed by atoms with van der Waals surface area (Å²) in [6.45, 7) is 2.45. The van der Waals surface area contributed by atoms with Crippen LogP contribution in [0.5, 0.6) is 5.75 Å². The molecule has 0 bridgehead atoms. The van der Waals surface area contributed by atoms with Crippen LogP contribution < -0.4 is 4.74 Å². The molecule has 0 aliphatic carbocycles. The molecule has 2 heteroatoms. The molecule has 0 atom stereocenters. The molecule has 0 N–H and O–H groups in total. The Bertz CT molecular complexity index is 281. The third-order valence-electron chi connectivity index (χ3n) is 2.92. The van der Waals surface area contributed by atoms with Crippen LogP contribution in [0.1, 0.15) is 51.0 Å². The highest BCUT2D eigenvalue weighted by Crippen LogP contribution is 2.15. The fraction of sp³-hybridized carbons (Fsp3) is 0.533. The van der Waals surface area contributed by atoms with Gasteiger partial charge < -0.3 is 4.74 Å². The van der Waals surface area contributed by atoms with Crippen LogP contribution in [0.2, 0.25) is 0 Å². The topological polar surface area (TPSA) is 9.23 Å². The monoisotopic (exact) mass is 237 g/mol. The molecule has 0 unspecified atom stereocenters. The first-order valence-corrected chi connectivity index (χ1v) is 6.54. The number of hydrogen-bond donors (Lipinski definition) is 0. The van der Waals surface area contributed by atoms with E-state index in [9.17, 15) is 4.39 Å². The molecule has 1 aromatic rings. The van der Waals surface area contributed by atoms with Crippen molar-refractivity contribution in [1.82, 2.24) is 0 Å². The van der Waals surface area contributed by atoms with E-state index in [1.807, 2.05) is 24.3 Å². The average Bonchev–Trinajstić information content (AvgIpc) is 2.36. The number of halogens is 1. The summed E-state index contributed by atoms with van der Waals surface area (Å²) in [5, 5.41) is 0. The van der Waals surface area contributed by atoms with E-state index in [1.165, 1.54) is 44.1 Å². The third kappa shape index (κ3) is 6.30. The van der Waals surface area contributed by atoms with E-state index in [1.54, 1.807) is 0 Å². The van der Waals surface area contributed by atoms with E-state index in [2.05, 4.69) is 11.7 Å². The minimum Gasteiger partial charge on any atom is -0.454 e. The molecule has 0 aliphatic heterocycles. The molecule has 0 saturated heterocycles. The van der Waals surface area contributed by atoms with Crippen molar-refractivity contribution in [2.45, 2.75) is 51.9 Å². The van der Waals surface area contributed by atoms with Crippen molar-refractivity contribution in [3.63, 3.8) is 0 Å². The highest BCUT2D eigenvalue weighted by atomic mass is 19.1. The maximum Gasteiger partial charge on any atom is 0.304 e. The first-order valence-electron chi connectivity index (χ1n) is 6.54. The Balaban J connectivity index is 2.14. The van der Waals surface area contributed by atoms with Gasteiger partial charge in [-0.1, -0.05) is 51.2 Å². The standard InChI is InChI=1S/C15H22FO/c1-2-3-4-5-6-7-8-14-9-11-15(12-10-14)17-13-16/h9-13H,2-8H2,1H3. The lowest BCUT2D eigenvalue weighted by Crippen LogP contribution is -1.88. The number of aryl methyl sites for hydroxylation is 1. The second-order valence-electron chi connectivity index (χ2n) is 4.37. The summed E-state index contributed by atoms with van der Waals surface area (Å²) in [4.78, 5) is 0. The van der Waals surface area contributed by atoms with E-state index >= 15 is 0 Å². The largest absolute Gasteiger partial charge is 0.454 e. The van der Waals surface area contributed by atoms with E-state index < -0.39 is 0 Å². The highest BCUT2D eigenvalue weighted by Gasteiger charge is 1.96. The van der Waals surface area contributed by atoms with Gasteiger partial charge in [0.1, 0.15) is 5.75 Å². The Kier molecular flexibility index (Phi) is 7.44.